The van der Waals surface area contributed by atoms with Crippen molar-refractivity contribution in [1.29, 1.82) is 5.26 Å². The predicted molar refractivity (Wildman–Crippen MR) is 72.9 cm³/mol. The molecule has 19 heavy (non-hydrogen) atoms. The van der Waals surface area contributed by atoms with E-state index in [-0.39, 0.29) is 0 Å². The van der Waals surface area contributed by atoms with E-state index in [0.717, 1.165) is 23.3 Å². The molecule has 2 aromatic rings. The molecule has 0 radical (unpaired) electrons. The number of nitrogens with zero attached hydrogens (tertiary/aromatic N) is 3. The minimum absolute atomic E-state index is 0.463. The van der Waals surface area contributed by atoms with Gasteiger partial charge >= 0.3 is 0 Å². The molecule has 0 spiro atoms. The molecule has 4 nitrogen and oxygen atoms in total. The highest BCUT2D eigenvalue weighted by Gasteiger charge is 2.27. The molecule has 0 aliphatic heterocycles. The number of rotatable bonds is 3. The standard InChI is InChI=1S/C14H10BrN3O/c15-12-7-13(18-14(17-12)10-4-5-10)19-11-3-1-2-9(6-11)8-16/h1-3,6-7,10H,4-5H2. The van der Waals surface area contributed by atoms with Crippen molar-refractivity contribution in [2.75, 3.05) is 0 Å². The highest BCUT2D eigenvalue weighted by atomic mass is 79.9. The summed E-state index contributed by atoms with van der Waals surface area (Å²) in [7, 11) is 0. The average Bonchev–Trinajstić information content (AvgIpc) is 3.22. The lowest BCUT2D eigenvalue weighted by atomic mass is 10.2. The van der Waals surface area contributed by atoms with Gasteiger partial charge in [0, 0.05) is 12.0 Å². The maximum absolute atomic E-state index is 8.86. The zero-order chi connectivity index (χ0) is 13.2. The van der Waals surface area contributed by atoms with Crippen LogP contribution in [0, 0.1) is 11.3 Å². The number of ether oxygens (including phenoxy) is 1. The second-order valence-electron chi connectivity index (χ2n) is 4.40. The molecule has 94 valence electrons. The SMILES string of the molecule is N#Cc1cccc(Oc2cc(Br)nc(C3CC3)n2)c1. The van der Waals surface area contributed by atoms with Gasteiger partial charge in [0.15, 0.2) is 0 Å². The van der Waals surface area contributed by atoms with Crippen LogP contribution in [0.4, 0.5) is 0 Å². The van der Waals surface area contributed by atoms with Crippen LogP contribution >= 0.6 is 15.9 Å². The monoisotopic (exact) mass is 315 g/mol. The maximum atomic E-state index is 8.86. The molecule has 0 atom stereocenters. The number of aromatic nitrogens is 2. The molecule has 0 N–H and O–H groups in total. The number of benzene rings is 1. The quantitative estimate of drug-likeness (QED) is 0.809. The first kappa shape index (κ1) is 12.1. The summed E-state index contributed by atoms with van der Waals surface area (Å²) >= 11 is 3.37. The summed E-state index contributed by atoms with van der Waals surface area (Å²) in [5, 5.41) is 8.86. The van der Waals surface area contributed by atoms with Gasteiger partial charge in [-0.05, 0) is 47.0 Å². The third kappa shape index (κ3) is 2.91. The number of hydrogen-bond donors (Lipinski definition) is 0. The first-order valence-corrected chi connectivity index (χ1v) is 6.76. The Morgan fingerprint density at radius 1 is 1.26 bits per heavy atom. The van der Waals surface area contributed by atoms with Crippen molar-refractivity contribution < 1.29 is 4.74 Å². The van der Waals surface area contributed by atoms with Crippen molar-refractivity contribution >= 4 is 15.9 Å². The molecule has 1 aromatic carbocycles. The van der Waals surface area contributed by atoms with E-state index in [2.05, 4.69) is 32.0 Å². The molecule has 1 saturated carbocycles. The summed E-state index contributed by atoms with van der Waals surface area (Å²) < 4.78 is 6.41. The van der Waals surface area contributed by atoms with E-state index >= 15 is 0 Å². The number of halogens is 1. The summed E-state index contributed by atoms with van der Waals surface area (Å²) in [6, 6.07) is 10.8. The Hall–Kier alpha value is -1.93. The van der Waals surface area contributed by atoms with Gasteiger partial charge in [-0.15, -0.1) is 0 Å². The summed E-state index contributed by atoms with van der Waals surface area (Å²) in [6.45, 7) is 0. The minimum atomic E-state index is 0.463. The van der Waals surface area contributed by atoms with Gasteiger partial charge in [0.05, 0.1) is 11.6 Å². The Balaban J connectivity index is 1.88. The maximum Gasteiger partial charge on any atom is 0.223 e. The van der Waals surface area contributed by atoms with Crippen LogP contribution in [0.15, 0.2) is 34.9 Å². The lowest BCUT2D eigenvalue weighted by Crippen LogP contribution is -1.96. The van der Waals surface area contributed by atoms with Crippen molar-refractivity contribution in [2.45, 2.75) is 18.8 Å². The molecule has 0 bridgehead atoms. The number of nitriles is 1. The van der Waals surface area contributed by atoms with Crippen molar-refractivity contribution in [3.63, 3.8) is 0 Å². The molecule has 0 unspecified atom stereocenters. The number of hydrogen-bond acceptors (Lipinski definition) is 4. The summed E-state index contributed by atoms with van der Waals surface area (Å²) in [5.74, 6) is 2.39. The van der Waals surface area contributed by atoms with Crippen LogP contribution in [-0.2, 0) is 0 Å². The van der Waals surface area contributed by atoms with Gasteiger partial charge in [-0.25, -0.2) is 4.98 Å². The largest absolute Gasteiger partial charge is 0.439 e. The van der Waals surface area contributed by atoms with Gasteiger partial charge in [-0.1, -0.05) is 6.07 Å². The van der Waals surface area contributed by atoms with E-state index in [4.69, 9.17) is 10.00 Å². The average molecular weight is 316 g/mol. The summed E-state index contributed by atoms with van der Waals surface area (Å²) in [5.41, 5.74) is 0.563. The Labute approximate surface area is 119 Å². The first-order valence-electron chi connectivity index (χ1n) is 5.97. The molecular formula is C14H10BrN3O. The topological polar surface area (TPSA) is 58.8 Å². The van der Waals surface area contributed by atoms with Gasteiger partial charge in [-0.2, -0.15) is 10.2 Å². The normalized spacial score (nSPS) is 13.9. The Morgan fingerprint density at radius 2 is 2.11 bits per heavy atom. The minimum Gasteiger partial charge on any atom is -0.439 e. The van der Waals surface area contributed by atoms with Crippen LogP contribution in [0.5, 0.6) is 11.6 Å². The summed E-state index contributed by atoms with van der Waals surface area (Å²) in [6.07, 6.45) is 2.28. The van der Waals surface area contributed by atoms with Gasteiger partial charge in [0.1, 0.15) is 16.2 Å². The molecule has 0 saturated heterocycles. The van der Waals surface area contributed by atoms with Gasteiger partial charge in [-0.3, -0.25) is 0 Å². The third-order valence-electron chi connectivity index (χ3n) is 2.82. The van der Waals surface area contributed by atoms with E-state index < -0.39 is 0 Å². The van der Waals surface area contributed by atoms with Crippen LogP contribution in [0.25, 0.3) is 0 Å². The van der Waals surface area contributed by atoms with Crippen LogP contribution < -0.4 is 4.74 Å². The van der Waals surface area contributed by atoms with Crippen molar-refractivity contribution in [3.05, 3.63) is 46.3 Å². The van der Waals surface area contributed by atoms with E-state index in [1.54, 1.807) is 30.3 Å². The highest BCUT2D eigenvalue weighted by molar-refractivity contribution is 9.10. The van der Waals surface area contributed by atoms with Crippen molar-refractivity contribution in [3.8, 4) is 17.7 Å². The lowest BCUT2D eigenvalue weighted by molar-refractivity contribution is 0.457. The zero-order valence-electron chi connectivity index (χ0n) is 10.0. The fraction of sp³-hybridized carbons (Fsp3) is 0.214. The second kappa shape index (κ2) is 4.98. The van der Waals surface area contributed by atoms with Gasteiger partial charge < -0.3 is 4.74 Å². The third-order valence-corrected chi connectivity index (χ3v) is 3.22. The second-order valence-corrected chi connectivity index (χ2v) is 5.22. The smallest absolute Gasteiger partial charge is 0.223 e. The molecule has 1 aliphatic carbocycles. The molecule has 5 heteroatoms. The fourth-order valence-corrected chi connectivity index (χ4v) is 2.12. The van der Waals surface area contributed by atoms with Crippen molar-refractivity contribution in [1.82, 2.24) is 9.97 Å². The van der Waals surface area contributed by atoms with Crippen LogP contribution in [-0.4, -0.2) is 9.97 Å². The Bertz CT molecular complexity index is 662. The molecule has 0 amide bonds. The zero-order valence-corrected chi connectivity index (χ0v) is 11.6. The van der Waals surface area contributed by atoms with E-state index in [1.165, 1.54) is 0 Å². The molecule has 1 heterocycles. The molecule has 1 aliphatic rings. The summed E-state index contributed by atoms with van der Waals surface area (Å²) in [4.78, 5) is 8.74. The Kier molecular flexibility index (Phi) is 3.18. The van der Waals surface area contributed by atoms with E-state index in [1.807, 2.05) is 0 Å². The first-order chi connectivity index (χ1) is 9.24. The van der Waals surface area contributed by atoms with Crippen LogP contribution in [0.3, 0.4) is 0 Å². The van der Waals surface area contributed by atoms with Gasteiger partial charge in [0.25, 0.3) is 0 Å². The molecular weight excluding hydrogens is 306 g/mol. The highest BCUT2D eigenvalue weighted by Crippen LogP contribution is 2.39. The molecule has 1 aromatic heterocycles. The van der Waals surface area contributed by atoms with E-state index in [9.17, 15) is 0 Å². The van der Waals surface area contributed by atoms with Crippen LogP contribution in [0.2, 0.25) is 0 Å². The predicted octanol–water partition coefficient (Wildman–Crippen LogP) is 3.78. The lowest BCUT2D eigenvalue weighted by Gasteiger charge is -2.06. The molecule has 3 rings (SSSR count). The van der Waals surface area contributed by atoms with E-state index in [0.29, 0.717) is 23.1 Å². The van der Waals surface area contributed by atoms with Crippen molar-refractivity contribution in [2.24, 2.45) is 0 Å². The van der Waals surface area contributed by atoms with Gasteiger partial charge in [0.2, 0.25) is 5.88 Å². The molecule has 1 fully saturated rings. The van der Waals surface area contributed by atoms with Crippen LogP contribution in [0.1, 0.15) is 30.1 Å². The Morgan fingerprint density at radius 3 is 2.84 bits per heavy atom. The fourth-order valence-electron chi connectivity index (χ4n) is 1.74.